The van der Waals surface area contributed by atoms with Gasteiger partial charge in [0.05, 0.1) is 12.8 Å². The molecule has 12 amide bonds. The van der Waals surface area contributed by atoms with Crippen LogP contribution in [0.4, 0.5) is 0 Å². The molecule has 2 atom stereocenters. The summed E-state index contributed by atoms with van der Waals surface area (Å²) in [5.74, 6) is -6.75. The third kappa shape index (κ3) is 13.7. The van der Waals surface area contributed by atoms with E-state index in [-0.39, 0.29) is 71.1 Å². The molecular weight excluding hydrogens is 652 g/mol. The summed E-state index contributed by atoms with van der Waals surface area (Å²) >= 11 is 0. The van der Waals surface area contributed by atoms with E-state index >= 15 is 0 Å². The number of rotatable bonds is 22. The van der Waals surface area contributed by atoms with Crippen LogP contribution in [0.5, 0.6) is 0 Å². The van der Waals surface area contributed by atoms with E-state index in [4.69, 9.17) is 0 Å². The molecular formula is C29H36N8O12. The van der Waals surface area contributed by atoms with Gasteiger partial charge >= 0.3 is 0 Å². The first-order valence-corrected chi connectivity index (χ1v) is 15.0. The molecule has 2 aliphatic rings. The number of carbonyl (C=O) groups is 12. The van der Waals surface area contributed by atoms with Crippen molar-refractivity contribution >= 4 is 71.9 Å². The van der Waals surface area contributed by atoms with Crippen LogP contribution in [-0.4, -0.2) is 120 Å². The summed E-state index contributed by atoms with van der Waals surface area (Å²) in [6.07, 6.45) is 3.17. The van der Waals surface area contributed by atoms with Crippen molar-refractivity contribution in [1.29, 1.82) is 0 Å². The van der Waals surface area contributed by atoms with E-state index in [9.17, 15) is 57.5 Å². The Morgan fingerprint density at radius 3 is 1.22 bits per heavy atom. The second-order valence-corrected chi connectivity index (χ2v) is 10.5. The van der Waals surface area contributed by atoms with Crippen LogP contribution in [0.15, 0.2) is 24.3 Å². The smallest absolute Gasteiger partial charge is 0.253 e. The monoisotopic (exact) mass is 688 g/mol. The number of nitrogens with one attached hydrogen (secondary N) is 6. The number of hydrogen-bond acceptors (Lipinski definition) is 12. The Morgan fingerprint density at radius 2 is 0.898 bits per heavy atom. The highest BCUT2D eigenvalue weighted by molar-refractivity contribution is 6.13. The third-order valence-electron chi connectivity index (χ3n) is 6.85. The van der Waals surface area contributed by atoms with E-state index in [1.54, 1.807) is 0 Å². The highest BCUT2D eigenvalue weighted by Crippen LogP contribution is 2.06. The average molecular weight is 689 g/mol. The molecule has 2 unspecified atom stereocenters. The van der Waals surface area contributed by atoms with Gasteiger partial charge in [-0.25, -0.2) is 0 Å². The lowest BCUT2D eigenvalue weighted by Gasteiger charge is -2.18. The van der Waals surface area contributed by atoms with Gasteiger partial charge in [-0.3, -0.25) is 78.0 Å². The highest BCUT2D eigenvalue weighted by atomic mass is 16.2. The van der Waals surface area contributed by atoms with Gasteiger partial charge in [-0.2, -0.15) is 0 Å². The average Bonchev–Trinajstić information content (AvgIpc) is 3.54. The third-order valence-corrected chi connectivity index (χ3v) is 6.85. The van der Waals surface area contributed by atoms with E-state index in [2.05, 4.69) is 21.3 Å². The Balaban J connectivity index is 1.77. The molecule has 0 radical (unpaired) electrons. The quantitative estimate of drug-likeness (QED) is 0.0356. The van der Waals surface area contributed by atoms with E-state index in [0.717, 1.165) is 34.1 Å². The van der Waals surface area contributed by atoms with Crippen molar-refractivity contribution in [3.05, 3.63) is 24.3 Å². The van der Waals surface area contributed by atoms with Gasteiger partial charge in [0.25, 0.3) is 23.6 Å². The molecule has 0 fully saturated rings. The Morgan fingerprint density at radius 1 is 0.551 bits per heavy atom. The van der Waals surface area contributed by atoms with Gasteiger partial charge in [0.15, 0.2) is 0 Å². The zero-order valence-corrected chi connectivity index (χ0v) is 26.2. The van der Waals surface area contributed by atoms with Crippen LogP contribution in [0.3, 0.4) is 0 Å². The van der Waals surface area contributed by atoms with Crippen LogP contribution in [-0.2, 0) is 57.5 Å². The second kappa shape index (κ2) is 20.2. The van der Waals surface area contributed by atoms with Gasteiger partial charge in [-0.05, 0) is 19.3 Å². The summed E-state index contributed by atoms with van der Waals surface area (Å²) < 4.78 is 0. The molecule has 0 spiro atoms. The topological polar surface area (TPSA) is 283 Å². The summed E-state index contributed by atoms with van der Waals surface area (Å²) in [4.78, 5) is 144. The zero-order chi connectivity index (χ0) is 36.3. The lowest BCUT2D eigenvalue weighted by Crippen LogP contribution is -2.49. The Bertz CT molecular complexity index is 1290. The minimum atomic E-state index is -1.46. The van der Waals surface area contributed by atoms with Crippen molar-refractivity contribution < 1.29 is 57.5 Å². The summed E-state index contributed by atoms with van der Waals surface area (Å²) in [7, 11) is 0. The van der Waals surface area contributed by atoms with E-state index < -0.39 is 84.0 Å². The fraction of sp³-hybridized carbons (Fsp3) is 0.448. The predicted octanol–water partition coefficient (Wildman–Crippen LogP) is -4.69. The number of imide groups is 4. The molecule has 0 aliphatic carbocycles. The first-order chi connectivity index (χ1) is 23.4. The molecule has 20 nitrogen and oxygen atoms in total. The van der Waals surface area contributed by atoms with Gasteiger partial charge < -0.3 is 21.3 Å². The number of nitrogens with zero attached hydrogens (tertiary/aromatic N) is 2. The highest BCUT2D eigenvalue weighted by Gasteiger charge is 2.27. The van der Waals surface area contributed by atoms with Crippen LogP contribution in [0, 0.1) is 0 Å². The largest absolute Gasteiger partial charge is 0.356 e. The molecule has 0 bridgehead atoms. The molecule has 0 saturated carbocycles. The second-order valence-electron chi connectivity index (χ2n) is 10.5. The van der Waals surface area contributed by atoms with Gasteiger partial charge in [0, 0.05) is 63.3 Å². The molecule has 2 rings (SSSR count). The van der Waals surface area contributed by atoms with E-state index in [0.29, 0.717) is 0 Å². The molecule has 0 aromatic heterocycles. The van der Waals surface area contributed by atoms with Crippen molar-refractivity contribution in [3.8, 4) is 0 Å². The van der Waals surface area contributed by atoms with Crippen molar-refractivity contribution in [2.75, 3.05) is 26.2 Å². The maximum absolute atomic E-state index is 12.5. The van der Waals surface area contributed by atoms with Crippen molar-refractivity contribution in [2.45, 2.75) is 57.0 Å². The molecule has 0 aromatic rings. The van der Waals surface area contributed by atoms with E-state index in [1.165, 1.54) is 0 Å². The fourth-order valence-corrected chi connectivity index (χ4v) is 4.43. The van der Waals surface area contributed by atoms with Gasteiger partial charge in [-0.15, -0.1) is 0 Å². The summed E-state index contributed by atoms with van der Waals surface area (Å²) in [5, 5.41) is 13.2. The number of carbonyl (C=O) groups excluding carboxylic acids is 12. The number of amides is 12. The van der Waals surface area contributed by atoms with Crippen molar-refractivity contribution in [2.24, 2.45) is 0 Å². The predicted molar refractivity (Wildman–Crippen MR) is 162 cm³/mol. The first kappa shape index (κ1) is 39.1. The minimum Gasteiger partial charge on any atom is -0.356 e. The molecule has 2 heterocycles. The van der Waals surface area contributed by atoms with Crippen LogP contribution >= 0.6 is 0 Å². The maximum atomic E-state index is 12.5. The van der Waals surface area contributed by atoms with Crippen LogP contribution in [0.25, 0.3) is 0 Å². The summed E-state index contributed by atoms with van der Waals surface area (Å²) in [6.45, 7) is 0.168. The van der Waals surface area contributed by atoms with Gasteiger partial charge in [-0.1, -0.05) is 0 Å². The standard InChI is InChI=1S/C29H36N8O12/c38-16-32-28(48)18(14-22(42)30-10-2-12-36-24(44)6-7-25(36)45)34-20(40)4-1-5-21(41)35-19(29(49)33-17-39)15-23(43)31-11-3-13-37-26(46)8-9-27(37)47/h6-9,16-19H,1-5,10-15H2,(H,30,42)(H,31,43)(H,34,40)(H,35,41)(H,32,38,48)(H,33,39,49). The van der Waals surface area contributed by atoms with Crippen molar-refractivity contribution in [3.63, 3.8) is 0 Å². The SMILES string of the molecule is O=CNC(=O)C(CC(=O)NCCCN1C(=O)C=CC1=O)NC(=O)CCCC(=O)NC(CC(=O)NCCCN1C(=O)C=CC1=O)C(=O)NC=O. The molecule has 49 heavy (non-hydrogen) atoms. The minimum absolute atomic E-state index is 0.0372. The summed E-state index contributed by atoms with van der Waals surface area (Å²) in [6, 6.07) is -2.92. The zero-order valence-electron chi connectivity index (χ0n) is 26.2. The Labute approximate surface area is 278 Å². The molecule has 264 valence electrons. The first-order valence-electron chi connectivity index (χ1n) is 15.0. The lowest BCUT2D eigenvalue weighted by molar-refractivity contribution is -0.138. The van der Waals surface area contributed by atoms with Gasteiger partial charge in [0.1, 0.15) is 12.1 Å². The van der Waals surface area contributed by atoms with Crippen LogP contribution in [0.1, 0.15) is 44.9 Å². The molecule has 0 saturated heterocycles. The van der Waals surface area contributed by atoms with E-state index in [1.807, 2.05) is 10.6 Å². The van der Waals surface area contributed by atoms with Crippen LogP contribution < -0.4 is 31.9 Å². The molecule has 20 heteroatoms. The fourth-order valence-electron chi connectivity index (χ4n) is 4.43. The maximum Gasteiger partial charge on any atom is 0.253 e. The Kier molecular flexibility index (Phi) is 16.1. The molecule has 6 N–H and O–H groups in total. The normalized spacial score (nSPS) is 14.6. The lowest BCUT2D eigenvalue weighted by atomic mass is 10.1. The van der Waals surface area contributed by atoms with Gasteiger partial charge in [0.2, 0.25) is 48.3 Å². The molecule has 2 aliphatic heterocycles. The van der Waals surface area contributed by atoms with Crippen LogP contribution in [0.2, 0.25) is 0 Å². The molecule has 0 aromatic carbocycles. The van der Waals surface area contributed by atoms with Crippen molar-refractivity contribution in [1.82, 2.24) is 41.7 Å². The number of hydrogen-bond donors (Lipinski definition) is 6. The Hall–Kier alpha value is -6.08. The summed E-state index contributed by atoms with van der Waals surface area (Å²) in [5.41, 5.74) is 0.